The highest BCUT2D eigenvalue weighted by Crippen LogP contribution is 2.27. The Bertz CT molecular complexity index is 873. The predicted molar refractivity (Wildman–Crippen MR) is 137 cm³/mol. The molecular weight excluding hydrogens is 523 g/mol. The van der Waals surface area contributed by atoms with Crippen molar-refractivity contribution in [3.63, 3.8) is 0 Å². The second-order valence-electron chi connectivity index (χ2n) is 7.02. The minimum absolute atomic E-state index is 0. The van der Waals surface area contributed by atoms with E-state index < -0.39 is 0 Å². The van der Waals surface area contributed by atoms with Crippen LogP contribution in [0.4, 0.5) is 0 Å². The number of rotatable bonds is 10. The number of carbonyl (C=O) groups excluding carboxylic acids is 1. The molecule has 0 spiro atoms. The summed E-state index contributed by atoms with van der Waals surface area (Å²) in [6, 6.07) is 13.6. The molecule has 0 aliphatic carbocycles. The Morgan fingerprint density at radius 3 is 2.16 bits per heavy atom. The van der Waals surface area contributed by atoms with Crippen LogP contribution in [0, 0.1) is 0 Å². The van der Waals surface area contributed by atoms with Crippen LogP contribution in [0.2, 0.25) is 0 Å². The molecule has 0 bridgehead atoms. The number of likely N-dealkylation sites (N-methyl/N-ethyl adjacent to an activating group) is 1. The van der Waals surface area contributed by atoms with Crippen LogP contribution in [0.1, 0.15) is 11.1 Å². The first-order valence-corrected chi connectivity index (χ1v) is 10.0. The molecule has 9 heteroatoms. The Kier molecular flexibility index (Phi) is 12.3. The summed E-state index contributed by atoms with van der Waals surface area (Å²) in [5.74, 6) is 2.74. The molecule has 2 N–H and O–H groups in total. The molecule has 176 valence electrons. The van der Waals surface area contributed by atoms with Gasteiger partial charge in [-0.05, 0) is 41.8 Å². The van der Waals surface area contributed by atoms with E-state index in [0.29, 0.717) is 30.5 Å². The molecule has 0 saturated carbocycles. The summed E-state index contributed by atoms with van der Waals surface area (Å²) in [5.41, 5.74) is 2.14. The summed E-state index contributed by atoms with van der Waals surface area (Å²) in [6.45, 7) is 1.28. The van der Waals surface area contributed by atoms with Crippen LogP contribution >= 0.6 is 24.0 Å². The van der Waals surface area contributed by atoms with E-state index in [1.807, 2.05) is 42.5 Å². The second-order valence-corrected chi connectivity index (χ2v) is 7.02. The highest BCUT2D eigenvalue weighted by molar-refractivity contribution is 14.0. The van der Waals surface area contributed by atoms with E-state index >= 15 is 0 Å². The highest BCUT2D eigenvalue weighted by Gasteiger charge is 2.08. The van der Waals surface area contributed by atoms with Gasteiger partial charge in [-0.1, -0.05) is 18.2 Å². The van der Waals surface area contributed by atoms with Gasteiger partial charge in [0.15, 0.2) is 17.5 Å². The molecule has 0 saturated heterocycles. The number of carbonyl (C=O) groups is 1. The molecule has 0 radical (unpaired) electrons. The van der Waals surface area contributed by atoms with Crippen LogP contribution < -0.4 is 24.8 Å². The average molecular weight is 556 g/mol. The fraction of sp³-hybridized carbons (Fsp3) is 0.391. The predicted octanol–water partition coefficient (Wildman–Crippen LogP) is 2.70. The van der Waals surface area contributed by atoms with Crippen LogP contribution in [0.15, 0.2) is 47.5 Å². The Morgan fingerprint density at radius 2 is 1.56 bits per heavy atom. The number of nitrogens with zero attached hydrogens (tertiary/aromatic N) is 2. The number of methoxy groups -OCH3 is 3. The van der Waals surface area contributed by atoms with Gasteiger partial charge in [-0.25, -0.2) is 4.99 Å². The number of ether oxygens (including phenoxy) is 3. The lowest BCUT2D eigenvalue weighted by Crippen LogP contribution is -2.43. The fourth-order valence-electron chi connectivity index (χ4n) is 2.75. The third-order valence-corrected chi connectivity index (χ3v) is 4.64. The lowest BCUT2D eigenvalue weighted by atomic mass is 10.1. The Hall–Kier alpha value is -2.69. The molecule has 0 aliphatic rings. The number of hydrogen-bond donors (Lipinski definition) is 2. The van der Waals surface area contributed by atoms with Crippen molar-refractivity contribution in [2.75, 3.05) is 48.5 Å². The van der Waals surface area contributed by atoms with Crippen LogP contribution in [0.3, 0.4) is 0 Å². The maximum atomic E-state index is 12.0. The molecule has 0 atom stereocenters. The smallest absolute Gasteiger partial charge is 0.241 e. The lowest BCUT2D eigenvalue weighted by molar-refractivity contribution is -0.127. The van der Waals surface area contributed by atoms with E-state index in [1.165, 1.54) is 4.90 Å². The van der Waals surface area contributed by atoms with E-state index in [-0.39, 0.29) is 36.4 Å². The number of nitrogens with one attached hydrogen (secondary N) is 2. The molecule has 0 aliphatic heterocycles. The van der Waals surface area contributed by atoms with Crippen molar-refractivity contribution in [2.45, 2.75) is 13.0 Å². The molecule has 0 fully saturated rings. The number of guanidine groups is 1. The summed E-state index contributed by atoms with van der Waals surface area (Å²) in [4.78, 5) is 18.1. The first-order valence-electron chi connectivity index (χ1n) is 10.0. The van der Waals surface area contributed by atoms with Gasteiger partial charge < -0.3 is 29.7 Å². The number of benzene rings is 2. The normalized spacial score (nSPS) is 10.6. The van der Waals surface area contributed by atoms with Gasteiger partial charge in [-0.15, -0.1) is 24.0 Å². The summed E-state index contributed by atoms with van der Waals surface area (Å²) in [7, 11) is 8.32. The van der Waals surface area contributed by atoms with Gasteiger partial charge in [0.1, 0.15) is 5.75 Å². The van der Waals surface area contributed by atoms with Gasteiger partial charge in [0.25, 0.3) is 0 Å². The molecule has 0 unspecified atom stereocenters. The van der Waals surface area contributed by atoms with Crippen molar-refractivity contribution in [3.05, 3.63) is 53.6 Å². The van der Waals surface area contributed by atoms with Crippen molar-refractivity contribution < 1.29 is 19.0 Å². The maximum Gasteiger partial charge on any atom is 0.241 e. The maximum absolute atomic E-state index is 12.0. The van der Waals surface area contributed by atoms with Crippen molar-refractivity contribution in [2.24, 2.45) is 4.99 Å². The van der Waals surface area contributed by atoms with Gasteiger partial charge in [-0.3, -0.25) is 4.79 Å². The molecule has 8 nitrogen and oxygen atoms in total. The molecule has 2 aromatic carbocycles. The zero-order valence-corrected chi connectivity index (χ0v) is 21.6. The number of halogens is 1. The van der Waals surface area contributed by atoms with Gasteiger partial charge in [0, 0.05) is 20.6 Å². The highest BCUT2D eigenvalue weighted by atomic mass is 127. The fourth-order valence-corrected chi connectivity index (χ4v) is 2.75. The molecular formula is C23H33IN4O4. The standard InChI is InChI=1S/C23H32N4O4.HI/c1-27(2)22(28)16-26-23(25-15-18-6-9-19(29-3)10-7-18)24-13-12-17-8-11-20(30-4)21(14-17)31-5;/h6-11,14H,12-13,15-16H2,1-5H3,(H2,24,25,26);1H. The largest absolute Gasteiger partial charge is 0.497 e. The third kappa shape index (κ3) is 8.81. The lowest BCUT2D eigenvalue weighted by Gasteiger charge is -2.15. The van der Waals surface area contributed by atoms with E-state index in [1.54, 1.807) is 35.4 Å². The van der Waals surface area contributed by atoms with Gasteiger partial charge in [0.05, 0.1) is 34.4 Å². The molecule has 0 heterocycles. The van der Waals surface area contributed by atoms with Crippen molar-refractivity contribution in [3.8, 4) is 17.2 Å². The topological polar surface area (TPSA) is 84.4 Å². The molecule has 1 amide bonds. The second kappa shape index (κ2) is 14.4. The van der Waals surface area contributed by atoms with E-state index in [2.05, 4.69) is 15.6 Å². The summed E-state index contributed by atoms with van der Waals surface area (Å²) < 4.78 is 15.8. The third-order valence-electron chi connectivity index (χ3n) is 4.64. The minimum Gasteiger partial charge on any atom is -0.497 e. The van der Waals surface area contributed by atoms with E-state index in [4.69, 9.17) is 14.2 Å². The quantitative estimate of drug-likeness (QED) is 0.266. The van der Waals surface area contributed by atoms with Gasteiger partial charge in [0.2, 0.25) is 5.91 Å². The number of aliphatic imine (C=N–C) groups is 1. The first-order chi connectivity index (χ1) is 15.0. The van der Waals surface area contributed by atoms with Crippen LogP contribution in [-0.4, -0.2) is 65.3 Å². The molecule has 32 heavy (non-hydrogen) atoms. The summed E-state index contributed by atoms with van der Waals surface area (Å²) in [6.07, 6.45) is 0.755. The van der Waals surface area contributed by atoms with Crippen molar-refractivity contribution in [1.82, 2.24) is 15.5 Å². The monoisotopic (exact) mass is 556 g/mol. The van der Waals surface area contributed by atoms with Crippen LogP contribution in [-0.2, 0) is 17.8 Å². The molecule has 2 rings (SSSR count). The van der Waals surface area contributed by atoms with E-state index in [9.17, 15) is 4.79 Å². The summed E-state index contributed by atoms with van der Waals surface area (Å²) in [5, 5.41) is 6.39. The first kappa shape index (κ1) is 27.3. The van der Waals surface area contributed by atoms with Crippen LogP contribution in [0.5, 0.6) is 17.2 Å². The zero-order valence-electron chi connectivity index (χ0n) is 19.3. The molecule has 2 aromatic rings. The van der Waals surface area contributed by atoms with Crippen molar-refractivity contribution in [1.29, 1.82) is 0 Å². The van der Waals surface area contributed by atoms with Crippen molar-refractivity contribution >= 4 is 35.8 Å². The summed E-state index contributed by atoms with van der Waals surface area (Å²) >= 11 is 0. The van der Waals surface area contributed by atoms with E-state index in [0.717, 1.165) is 23.3 Å². The van der Waals surface area contributed by atoms with Gasteiger partial charge in [-0.2, -0.15) is 0 Å². The Labute approximate surface area is 207 Å². The van der Waals surface area contributed by atoms with Crippen LogP contribution in [0.25, 0.3) is 0 Å². The minimum atomic E-state index is -0.0289. The number of amides is 1. The molecule has 0 aromatic heterocycles. The Morgan fingerprint density at radius 1 is 0.906 bits per heavy atom. The Balaban J connectivity index is 0.00000512. The van der Waals surface area contributed by atoms with Gasteiger partial charge >= 0.3 is 0 Å². The zero-order chi connectivity index (χ0) is 22.6. The number of hydrogen-bond acceptors (Lipinski definition) is 5. The average Bonchev–Trinajstić information content (AvgIpc) is 2.80. The SMILES string of the molecule is COc1ccc(CN=C(NCCc2ccc(OC)c(OC)c2)NCC(=O)N(C)C)cc1.I.